The molecule has 0 atom stereocenters. The molecule has 0 aliphatic carbocycles. The van der Waals surface area contributed by atoms with Crippen LogP contribution in [-0.2, 0) is 6.42 Å². The van der Waals surface area contributed by atoms with Crippen molar-refractivity contribution in [3.05, 3.63) is 35.9 Å². The average molecular weight is 262 g/mol. The van der Waals surface area contributed by atoms with Crippen LogP contribution >= 0.6 is 0 Å². The largest absolute Gasteiger partial charge is 0.389 e. The predicted octanol–water partition coefficient (Wildman–Crippen LogP) is 1.79. The molecule has 0 radical (unpaired) electrons. The summed E-state index contributed by atoms with van der Waals surface area (Å²) in [6.07, 6.45) is 4.82. The van der Waals surface area contributed by atoms with Gasteiger partial charge in [-0.2, -0.15) is 0 Å². The molecular formula is C16H26N2O. The summed E-state index contributed by atoms with van der Waals surface area (Å²) in [5, 5.41) is 10.7. The molecule has 1 aromatic rings. The summed E-state index contributed by atoms with van der Waals surface area (Å²) in [7, 11) is 0. The molecule has 2 rings (SSSR count). The Morgan fingerprint density at radius 3 is 2.42 bits per heavy atom. The van der Waals surface area contributed by atoms with Gasteiger partial charge in [-0.15, -0.1) is 0 Å². The van der Waals surface area contributed by atoms with Crippen molar-refractivity contribution in [3.8, 4) is 0 Å². The molecule has 1 fully saturated rings. The molecule has 1 aromatic carbocycles. The van der Waals surface area contributed by atoms with Crippen LogP contribution in [0.25, 0.3) is 0 Å². The first-order chi connectivity index (χ1) is 9.22. The van der Waals surface area contributed by atoms with Crippen molar-refractivity contribution in [2.75, 3.05) is 26.2 Å². The van der Waals surface area contributed by atoms with E-state index in [1.807, 2.05) is 18.2 Å². The number of rotatable bonds is 6. The number of piperidine rings is 1. The standard InChI is InChI=1S/C16H26N2O/c17-10-4-5-11-18-12-8-16(19,9-13-18)14-15-6-2-1-3-7-15/h1-3,6-7,19H,4-5,8-14,17H2. The highest BCUT2D eigenvalue weighted by Crippen LogP contribution is 2.26. The SMILES string of the molecule is NCCCCN1CCC(O)(Cc2ccccc2)CC1. The van der Waals surface area contributed by atoms with Crippen molar-refractivity contribution < 1.29 is 5.11 Å². The van der Waals surface area contributed by atoms with E-state index in [9.17, 15) is 5.11 Å². The van der Waals surface area contributed by atoms with Gasteiger partial charge in [0.25, 0.3) is 0 Å². The van der Waals surface area contributed by atoms with Crippen LogP contribution in [0.15, 0.2) is 30.3 Å². The minimum absolute atomic E-state index is 0.508. The Labute approximate surface area is 116 Å². The lowest BCUT2D eigenvalue weighted by molar-refractivity contribution is -0.0207. The maximum absolute atomic E-state index is 10.7. The van der Waals surface area contributed by atoms with Gasteiger partial charge in [-0.1, -0.05) is 30.3 Å². The fourth-order valence-electron chi connectivity index (χ4n) is 2.83. The third kappa shape index (κ3) is 4.60. The molecule has 3 heteroatoms. The van der Waals surface area contributed by atoms with E-state index in [1.165, 1.54) is 12.0 Å². The topological polar surface area (TPSA) is 49.5 Å². The van der Waals surface area contributed by atoms with Gasteiger partial charge in [0.15, 0.2) is 0 Å². The van der Waals surface area contributed by atoms with E-state index in [0.29, 0.717) is 0 Å². The number of aliphatic hydroxyl groups is 1. The average Bonchev–Trinajstić information content (AvgIpc) is 2.42. The smallest absolute Gasteiger partial charge is 0.0712 e. The Morgan fingerprint density at radius 2 is 1.79 bits per heavy atom. The van der Waals surface area contributed by atoms with Crippen molar-refractivity contribution in [1.82, 2.24) is 4.90 Å². The number of likely N-dealkylation sites (tertiary alicyclic amines) is 1. The Bertz CT molecular complexity index is 358. The maximum Gasteiger partial charge on any atom is 0.0712 e. The Morgan fingerprint density at radius 1 is 1.11 bits per heavy atom. The first kappa shape index (κ1) is 14.5. The van der Waals surface area contributed by atoms with Crippen molar-refractivity contribution in [1.29, 1.82) is 0 Å². The Balaban J connectivity index is 1.78. The molecule has 1 aliphatic heterocycles. The van der Waals surface area contributed by atoms with Gasteiger partial charge in [-0.05, 0) is 44.3 Å². The van der Waals surface area contributed by atoms with Gasteiger partial charge in [-0.3, -0.25) is 0 Å². The monoisotopic (exact) mass is 262 g/mol. The van der Waals surface area contributed by atoms with Crippen molar-refractivity contribution in [2.24, 2.45) is 5.73 Å². The maximum atomic E-state index is 10.7. The lowest BCUT2D eigenvalue weighted by Crippen LogP contribution is -2.45. The van der Waals surface area contributed by atoms with E-state index >= 15 is 0 Å². The molecule has 19 heavy (non-hydrogen) atoms. The predicted molar refractivity (Wildman–Crippen MR) is 79.1 cm³/mol. The number of hydrogen-bond donors (Lipinski definition) is 2. The number of unbranched alkanes of at least 4 members (excludes halogenated alkanes) is 1. The minimum atomic E-state index is -0.508. The van der Waals surface area contributed by atoms with Crippen LogP contribution in [-0.4, -0.2) is 41.8 Å². The highest BCUT2D eigenvalue weighted by Gasteiger charge is 2.31. The quantitative estimate of drug-likeness (QED) is 0.769. The van der Waals surface area contributed by atoms with Crippen LogP contribution in [0.5, 0.6) is 0 Å². The number of benzene rings is 1. The molecular weight excluding hydrogens is 236 g/mol. The van der Waals surface area contributed by atoms with Crippen molar-refractivity contribution >= 4 is 0 Å². The summed E-state index contributed by atoms with van der Waals surface area (Å²) in [6, 6.07) is 10.3. The van der Waals surface area contributed by atoms with E-state index < -0.39 is 5.60 Å². The van der Waals surface area contributed by atoms with E-state index in [2.05, 4.69) is 17.0 Å². The Kier molecular flexibility index (Phi) is 5.37. The number of nitrogens with two attached hydrogens (primary N) is 1. The fourth-order valence-corrected chi connectivity index (χ4v) is 2.83. The summed E-state index contributed by atoms with van der Waals surface area (Å²) in [4.78, 5) is 2.45. The summed E-state index contributed by atoms with van der Waals surface area (Å²) >= 11 is 0. The van der Waals surface area contributed by atoms with Gasteiger partial charge in [0, 0.05) is 19.5 Å². The van der Waals surface area contributed by atoms with Gasteiger partial charge in [0.2, 0.25) is 0 Å². The third-order valence-electron chi connectivity index (χ3n) is 4.09. The van der Waals surface area contributed by atoms with E-state index in [0.717, 1.165) is 51.9 Å². The fraction of sp³-hybridized carbons (Fsp3) is 0.625. The molecule has 0 spiro atoms. The van der Waals surface area contributed by atoms with Crippen LogP contribution < -0.4 is 5.73 Å². The first-order valence-corrected chi connectivity index (χ1v) is 7.41. The molecule has 3 N–H and O–H groups in total. The highest BCUT2D eigenvalue weighted by molar-refractivity contribution is 5.17. The Hall–Kier alpha value is -0.900. The van der Waals surface area contributed by atoms with Gasteiger partial charge in [0.05, 0.1) is 5.60 Å². The van der Waals surface area contributed by atoms with Gasteiger partial charge < -0.3 is 15.7 Å². The molecule has 0 unspecified atom stereocenters. The second-order valence-electron chi connectivity index (χ2n) is 5.72. The van der Waals surface area contributed by atoms with Crippen LogP contribution in [0, 0.1) is 0 Å². The highest BCUT2D eigenvalue weighted by atomic mass is 16.3. The number of nitrogens with zero attached hydrogens (tertiary/aromatic N) is 1. The second-order valence-corrected chi connectivity index (χ2v) is 5.72. The molecule has 106 valence electrons. The van der Waals surface area contributed by atoms with E-state index in [1.54, 1.807) is 0 Å². The van der Waals surface area contributed by atoms with Crippen LogP contribution in [0.3, 0.4) is 0 Å². The van der Waals surface area contributed by atoms with Gasteiger partial charge in [-0.25, -0.2) is 0 Å². The third-order valence-corrected chi connectivity index (χ3v) is 4.09. The van der Waals surface area contributed by atoms with Crippen LogP contribution in [0.1, 0.15) is 31.2 Å². The summed E-state index contributed by atoms with van der Waals surface area (Å²) < 4.78 is 0. The van der Waals surface area contributed by atoms with Crippen molar-refractivity contribution in [2.45, 2.75) is 37.7 Å². The molecule has 3 nitrogen and oxygen atoms in total. The lowest BCUT2D eigenvalue weighted by atomic mass is 9.85. The molecule has 1 heterocycles. The molecule has 1 saturated heterocycles. The van der Waals surface area contributed by atoms with E-state index in [-0.39, 0.29) is 0 Å². The minimum Gasteiger partial charge on any atom is -0.389 e. The van der Waals surface area contributed by atoms with Crippen molar-refractivity contribution in [3.63, 3.8) is 0 Å². The molecule has 1 aliphatic rings. The zero-order chi connectivity index (χ0) is 13.6. The molecule has 0 saturated carbocycles. The van der Waals surface area contributed by atoms with E-state index in [4.69, 9.17) is 5.73 Å². The number of hydrogen-bond acceptors (Lipinski definition) is 3. The zero-order valence-electron chi connectivity index (χ0n) is 11.7. The molecule has 0 amide bonds. The zero-order valence-corrected chi connectivity index (χ0v) is 11.7. The summed E-state index contributed by atoms with van der Waals surface area (Å²) in [5.74, 6) is 0. The summed E-state index contributed by atoms with van der Waals surface area (Å²) in [6.45, 7) is 3.92. The van der Waals surface area contributed by atoms with Crippen LogP contribution in [0.4, 0.5) is 0 Å². The summed E-state index contributed by atoms with van der Waals surface area (Å²) in [5.41, 5.74) is 6.24. The lowest BCUT2D eigenvalue weighted by Gasteiger charge is -2.38. The molecule has 0 bridgehead atoms. The second kappa shape index (κ2) is 7.04. The molecule has 0 aromatic heterocycles. The van der Waals surface area contributed by atoms with Crippen LogP contribution in [0.2, 0.25) is 0 Å². The first-order valence-electron chi connectivity index (χ1n) is 7.41. The normalized spacial score (nSPS) is 19.5. The van der Waals surface area contributed by atoms with Gasteiger partial charge >= 0.3 is 0 Å². The van der Waals surface area contributed by atoms with Gasteiger partial charge in [0.1, 0.15) is 0 Å².